The van der Waals surface area contributed by atoms with Crippen molar-refractivity contribution in [1.82, 2.24) is 15.7 Å². The monoisotopic (exact) mass is 399 g/mol. The second kappa shape index (κ2) is 8.06. The smallest absolute Gasteiger partial charge is 0.337 e. The Kier molecular flexibility index (Phi) is 5.72. The molecule has 0 saturated heterocycles. The Bertz CT molecular complexity index is 972. The third-order valence-electron chi connectivity index (χ3n) is 4.51. The molecule has 29 heavy (non-hydrogen) atoms. The van der Waals surface area contributed by atoms with Crippen molar-refractivity contribution in [3.63, 3.8) is 0 Å². The first-order chi connectivity index (χ1) is 13.7. The van der Waals surface area contributed by atoms with Crippen LogP contribution in [0.25, 0.3) is 11.1 Å². The van der Waals surface area contributed by atoms with Gasteiger partial charge in [-0.05, 0) is 53.2 Å². The molecule has 0 saturated carbocycles. The standard InChI is InChI=1S/C21H25N3O5/c1-10(2)27-20(25)16-12(5)22-13(6)17(21(26)28-11(3)4)18(16)14-8-7-9-15-19(14)23-24-29-15/h7-11,18,22H,1-6H3. The van der Waals surface area contributed by atoms with Gasteiger partial charge in [0.15, 0.2) is 5.58 Å². The summed E-state index contributed by atoms with van der Waals surface area (Å²) in [5.74, 6) is -1.75. The number of dihydropyridines is 1. The quantitative estimate of drug-likeness (QED) is 0.764. The summed E-state index contributed by atoms with van der Waals surface area (Å²) in [5, 5.41) is 10.8. The topological polar surface area (TPSA) is 104 Å². The number of rotatable bonds is 5. The maximum atomic E-state index is 13.0. The van der Waals surface area contributed by atoms with Crippen molar-refractivity contribution in [2.75, 3.05) is 0 Å². The molecule has 0 atom stereocenters. The lowest BCUT2D eigenvalue weighted by molar-refractivity contribution is -0.143. The van der Waals surface area contributed by atoms with E-state index in [9.17, 15) is 9.59 Å². The van der Waals surface area contributed by atoms with Crippen LogP contribution in [0.3, 0.4) is 0 Å². The highest BCUT2D eigenvalue weighted by Crippen LogP contribution is 2.41. The van der Waals surface area contributed by atoms with Crippen molar-refractivity contribution in [2.45, 2.75) is 59.7 Å². The number of esters is 2. The summed E-state index contributed by atoms with van der Waals surface area (Å²) in [6.45, 7) is 10.7. The first-order valence-corrected chi connectivity index (χ1v) is 9.52. The van der Waals surface area contributed by atoms with Crippen molar-refractivity contribution < 1.29 is 23.6 Å². The zero-order chi connectivity index (χ0) is 21.3. The number of benzene rings is 1. The number of nitrogens with zero attached hydrogens (tertiary/aromatic N) is 2. The van der Waals surface area contributed by atoms with Crippen LogP contribution in [0.2, 0.25) is 0 Å². The van der Waals surface area contributed by atoms with Gasteiger partial charge in [-0.15, -0.1) is 5.10 Å². The molecule has 154 valence electrons. The third-order valence-corrected chi connectivity index (χ3v) is 4.51. The van der Waals surface area contributed by atoms with Crippen molar-refractivity contribution in [3.8, 4) is 0 Å². The number of allylic oxidation sites excluding steroid dienone is 2. The SMILES string of the molecule is CC1=C(C(=O)OC(C)C)C(c2cccc3onnc23)C(C(=O)OC(C)C)=C(C)N1. The summed E-state index contributed by atoms with van der Waals surface area (Å²) in [6, 6.07) is 5.30. The molecule has 0 unspecified atom stereocenters. The van der Waals surface area contributed by atoms with Crippen LogP contribution >= 0.6 is 0 Å². The lowest BCUT2D eigenvalue weighted by Gasteiger charge is -2.31. The lowest BCUT2D eigenvalue weighted by atomic mass is 9.80. The van der Waals surface area contributed by atoms with Gasteiger partial charge in [-0.2, -0.15) is 0 Å². The second-order valence-corrected chi connectivity index (χ2v) is 7.51. The van der Waals surface area contributed by atoms with Gasteiger partial charge in [-0.3, -0.25) is 0 Å². The number of hydrogen-bond acceptors (Lipinski definition) is 8. The van der Waals surface area contributed by atoms with Gasteiger partial charge in [-0.1, -0.05) is 12.1 Å². The first kappa shape index (κ1) is 20.6. The highest BCUT2D eigenvalue weighted by molar-refractivity contribution is 6.01. The minimum absolute atomic E-state index is 0.314. The van der Waals surface area contributed by atoms with Gasteiger partial charge in [0.25, 0.3) is 0 Å². The molecule has 0 aliphatic carbocycles. The van der Waals surface area contributed by atoms with Gasteiger partial charge in [-0.25, -0.2) is 9.59 Å². The predicted octanol–water partition coefficient (Wildman–Crippen LogP) is 3.36. The van der Waals surface area contributed by atoms with E-state index in [1.807, 2.05) is 0 Å². The van der Waals surface area contributed by atoms with Gasteiger partial charge in [0.1, 0.15) is 5.52 Å². The minimum atomic E-state index is -0.732. The fraction of sp³-hybridized carbons (Fsp3) is 0.429. The molecular formula is C21H25N3O5. The highest BCUT2D eigenvalue weighted by atomic mass is 16.5. The maximum Gasteiger partial charge on any atom is 0.337 e. The molecule has 2 heterocycles. The molecule has 3 rings (SSSR count). The Balaban J connectivity index is 2.23. The number of fused-ring (bicyclic) bond motifs is 1. The predicted molar refractivity (Wildman–Crippen MR) is 106 cm³/mol. The average molecular weight is 399 g/mol. The average Bonchev–Trinajstić information content (AvgIpc) is 3.08. The second-order valence-electron chi connectivity index (χ2n) is 7.51. The Morgan fingerprint density at radius 3 is 2.07 bits per heavy atom. The zero-order valence-electron chi connectivity index (χ0n) is 17.4. The summed E-state index contributed by atoms with van der Waals surface area (Å²) < 4.78 is 16.1. The summed E-state index contributed by atoms with van der Waals surface area (Å²) in [6.07, 6.45) is -0.628. The normalized spacial score (nSPS) is 15.3. The Hall–Kier alpha value is -3.16. The van der Waals surface area contributed by atoms with E-state index in [0.717, 1.165) is 0 Å². The van der Waals surface area contributed by atoms with Crippen LogP contribution < -0.4 is 5.32 Å². The van der Waals surface area contributed by atoms with E-state index in [0.29, 0.717) is 39.2 Å². The van der Waals surface area contributed by atoms with E-state index in [1.54, 1.807) is 59.7 Å². The van der Waals surface area contributed by atoms with Gasteiger partial charge >= 0.3 is 11.9 Å². The van der Waals surface area contributed by atoms with E-state index in [2.05, 4.69) is 15.7 Å². The molecular weight excluding hydrogens is 374 g/mol. The minimum Gasteiger partial charge on any atom is -0.460 e. The Morgan fingerprint density at radius 2 is 1.55 bits per heavy atom. The summed E-state index contributed by atoms with van der Waals surface area (Å²) in [5.41, 5.74) is 3.43. The third kappa shape index (κ3) is 4.01. The highest BCUT2D eigenvalue weighted by Gasteiger charge is 2.39. The van der Waals surface area contributed by atoms with Crippen LogP contribution in [-0.2, 0) is 19.1 Å². The van der Waals surface area contributed by atoms with E-state index >= 15 is 0 Å². The number of aromatic nitrogens is 2. The summed E-state index contributed by atoms with van der Waals surface area (Å²) >= 11 is 0. The number of carbonyl (C=O) groups is 2. The van der Waals surface area contributed by atoms with Gasteiger partial charge < -0.3 is 19.3 Å². The largest absolute Gasteiger partial charge is 0.460 e. The molecule has 8 nitrogen and oxygen atoms in total. The van der Waals surface area contributed by atoms with Crippen LogP contribution in [-0.4, -0.2) is 34.5 Å². The molecule has 1 aliphatic rings. The van der Waals surface area contributed by atoms with Crippen molar-refractivity contribution in [2.24, 2.45) is 0 Å². The molecule has 1 N–H and O–H groups in total. The molecule has 8 heteroatoms. The van der Waals surface area contributed by atoms with Crippen LogP contribution in [0.15, 0.2) is 45.3 Å². The maximum absolute atomic E-state index is 13.0. The number of hydrogen-bond donors (Lipinski definition) is 1. The molecule has 0 spiro atoms. The van der Waals surface area contributed by atoms with Crippen molar-refractivity contribution in [3.05, 3.63) is 46.3 Å². The summed E-state index contributed by atoms with van der Waals surface area (Å²) in [4.78, 5) is 26.0. The van der Waals surface area contributed by atoms with Crippen LogP contribution in [0, 0.1) is 0 Å². The van der Waals surface area contributed by atoms with Crippen LogP contribution in [0.5, 0.6) is 0 Å². The van der Waals surface area contributed by atoms with Gasteiger partial charge in [0.05, 0.1) is 29.3 Å². The fourth-order valence-corrected chi connectivity index (χ4v) is 3.46. The molecule has 0 fully saturated rings. The number of ether oxygens (including phenoxy) is 2. The van der Waals surface area contributed by atoms with E-state index in [1.165, 1.54) is 0 Å². The van der Waals surface area contributed by atoms with Gasteiger partial charge in [0, 0.05) is 16.7 Å². The first-order valence-electron chi connectivity index (χ1n) is 9.52. The molecule has 2 aromatic rings. The van der Waals surface area contributed by atoms with E-state index in [4.69, 9.17) is 14.0 Å². The molecule has 0 amide bonds. The molecule has 0 radical (unpaired) electrons. The van der Waals surface area contributed by atoms with Gasteiger partial charge in [0.2, 0.25) is 0 Å². The number of nitrogens with one attached hydrogen (secondary N) is 1. The molecule has 0 bridgehead atoms. The van der Waals surface area contributed by atoms with Crippen molar-refractivity contribution in [1.29, 1.82) is 0 Å². The molecule has 1 aliphatic heterocycles. The Morgan fingerprint density at radius 1 is 1.00 bits per heavy atom. The molecule has 1 aromatic heterocycles. The Labute approximate surface area is 168 Å². The van der Waals surface area contributed by atoms with Crippen LogP contribution in [0.1, 0.15) is 53.0 Å². The fourth-order valence-electron chi connectivity index (χ4n) is 3.46. The number of carbonyl (C=O) groups excluding carboxylic acids is 2. The van der Waals surface area contributed by atoms with E-state index in [-0.39, 0.29) is 12.2 Å². The van der Waals surface area contributed by atoms with Crippen LogP contribution in [0.4, 0.5) is 0 Å². The van der Waals surface area contributed by atoms with E-state index < -0.39 is 17.9 Å². The molecule has 1 aromatic carbocycles. The van der Waals surface area contributed by atoms with Crippen molar-refractivity contribution >= 4 is 23.0 Å². The zero-order valence-corrected chi connectivity index (χ0v) is 17.4. The summed E-state index contributed by atoms with van der Waals surface area (Å²) in [7, 11) is 0. The lowest BCUT2D eigenvalue weighted by Crippen LogP contribution is -2.33.